The highest BCUT2D eigenvalue weighted by Crippen LogP contribution is 2.25. The molecule has 12 nitrogen and oxygen atoms in total. The lowest BCUT2D eigenvalue weighted by molar-refractivity contribution is -0.384. The van der Waals surface area contributed by atoms with E-state index in [0.717, 1.165) is 0 Å². The van der Waals surface area contributed by atoms with Crippen LogP contribution in [-0.4, -0.2) is 55.2 Å². The average molecular weight is 561 g/mol. The van der Waals surface area contributed by atoms with Crippen LogP contribution < -0.4 is 5.73 Å². The van der Waals surface area contributed by atoms with Crippen molar-refractivity contribution in [3.05, 3.63) is 69.8 Å². The maximum absolute atomic E-state index is 11.9. The fourth-order valence-corrected chi connectivity index (χ4v) is 3.49. The quantitative estimate of drug-likeness (QED) is 0.123. The summed E-state index contributed by atoms with van der Waals surface area (Å²) >= 11 is 0. The van der Waals surface area contributed by atoms with Gasteiger partial charge in [-0.25, -0.2) is 0 Å². The van der Waals surface area contributed by atoms with Gasteiger partial charge in [-0.1, -0.05) is 24.3 Å². The minimum absolute atomic E-state index is 0.0312. The highest BCUT2D eigenvalue weighted by Gasteiger charge is 2.27. The van der Waals surface area contributed by atoms with Gasteiger partial charge in [0.2, 0.25) is 0 Å². The van der Waals surface area contributed by atoms with E-state index >= 15 is 0 Å². The van der Waals surface area contributed by atoms with Crippen molar-refractivity contribution in [1.82, 2.24) is 0 Å². The van der Waals surface area contributed by atoms with Gasteiger partial charge >= 0.3 is 23.9 Å². The number of non-ortho nitro benzene ring substituents is 1. The second-order valence-corrected chi connectivity index (χ2v) is 8.14. The van der Waals surface area contributed by atoms with Crippen LogP contribution in [0.25, 0.3) is 0 Å². The van der Waals surface area contributed by atoms with Crippen LogP contribution in [-0.2, 0) is 38.1 Å². The van der Waals surface area contributed by atoms with E-state index in [2.05, 4.69) is 0 Å². The molecular formula is C28H36N2O10. The number of nitrogens with zero attached hydrogens (tertiary/aromatic N) is 1. The van der Waals surface area contributed by atoms with Crippen LogP contribution in [0.4, 0.5) is 11.4 Å². The predicted molar refractivity (Wildman–Crippen MR) is 145 cm³/mol. The summed E-state index contributed by atoms with van der Waals surface area (Å²) in [6.45, 7) is 7.74. The van der Waals surface area contributed by atoms with E-state index in [-0.39, 0.29) is 45.0 Å². The van der Waals surface area contributed by atoms with Crippen molar-refractivity contribution in [2.24, 2.45) is 0 Å². The lowest BCUT2D eigenvalue weighted by Crippen LogP contribution is -2.20. The van der Waals surface area contributed by atoms with Crippen LogP contribution in [0.5, 0.6) is 0 Å². The van der Waals surface area contributed by atoms with Crippen LogP contribution >= 0.6 is 0 Å². The summed E-state index contributed by atoms with van der Waals surface area (Å²) in [5.41, 5.74) is 7.29. The largest absolute Gasteiger partial charge is 0.466 e. The first-order valence-electron chi connectivity index (χ1n) is 12.8. The number of carbonyl (C=O) groups excluding carboxylic acids is 4. The average Bonchev–Trinajstić information content (AvgIpc) is 2.92. The van der Waals surface area contributed by atoms with Gasteiger partial charge in [0.25, 0.3) is 5.69 Å². The van der Waals surface area contributed by atoms with Gasteiger partial charge in [0.15, 0.2) is 0 Å². The number of esters is 4. The molecule has 2 atom stereocenters. The molecule has 2 unspecified atom stereocenters. The first-order chi connectivity index (χ1) is 19.1. The first-order valence-corrected chi connectivity index (χ1v) is 12.8. The molecule has 0 amide bonds. The van der Waals surface area contributed by atoms with E-state index in [1.807, 2.05) is 0 Å². The predicted octanol–water partition coefficient (Wildman–Crippen LogP) is 4.06. The molecular weight excluding hydrogens is 524 g/mol. The highest BCUT2D eigenvalue weighted by atomic mass is 16.6. The Morgan fingerprint density at radius 3 is 1.35 bits per heavy atom. The SMILES string of the molecule is CCOC(=O)CC(C(=O)OCC)c1ccc(N)cc1.CCOC(=O)CC(C(=O)OCC)c1ccc([N+](=O)[O-])cc1. The van der Waals surface area contributed by atoms with E-state index in [1.165, 1.54) is 24.3 Å². The van der Waals surface area contributed by atoms with Gasteiger partial charge in [0.05, 0.1) is 56.0 Å². The van der Waals surface area contributed by atoms with E-state index in [4.69, 9.17) is 24.7 Å². The second kappa shape index (κ2) is 17.9. The zero-order valence-electron chi connectivity index (χ0n) is 23.1. The van der Waals surface area contributed by atoms with Crippen molar-refractivity contribution in [3.8, 4) is 0 Å². The minimum atomic E-state index is -0.829. The fourth-order valence-electron chi connectivity index (χ4n) is 3.49. The summed E-state index contributed by atoms with van der Waals surface area (Å²) in [6, 6.07) is 12.3. The molecule has 218 valence electrons. The van der Waals surface area contributed by atoms with Gasteiger partial charge in [-0.2, -0.15) is 0 Å². The number of nitrogen functional groups attached to an aromatic ring is 1. The van der Waals surface area contributed by atoms with Crippen LogP contribution in [0.1, 0.15) is 63.5 Å². The molecule has 0 aromatic heterocycles. The van der Waals surface area contributed by atoms with Crippen LogP contribution in [0.15, 0.2) is 48.5 Å². The molecule has 12 heteroatoms. The Kier molecular flexibility index (Phi) is 15.0. The fraction of sp³-hybridized carbons (Fsp3) is 0.429. The van der Waals surface area contributed by atoms with Crippen LogP contribution in [0.2, 0.25) is 0 Å². The molecule has 2 aromatic carbocycles. The Hall–Kier alpha value is -4.48. The molecule has 2 aromatic rings. The Labute approximate surface area is 232 Å². The standard InChI is InChI=1S/C14H17NO6.C14H19NO4/c1-3-20-13(16)9-12(14(17)21-4-2)10-5-7-11(8-6-10)15(18)19;1-3-18-13(16)9-12(14(17)19-4-2)10-5-7-11(15)8-6-10/h5-8,12H,3-4,9H2,1-2H3;5-8,12H,3-4,9,15H2,1-2H3. The maximum Gasteiger partial charge on any atom is 0.313 e. The normalized spacial score (nSPS) is 11.6. The number of nitrogens with two attached hydrogens (primary N) is 1. The van der Waals surface area contributed by atoms with Gasteiger partial charge in [-0.05, 0) is 51.0 Å². The zero-order chi connectivity index (χ0) is 30.1. The maximum atomic E-state index is 11.9. The summed E-state index contributed by atoms with van der Waals surface area (Å²) in [6.07, 6.45) is -0.193. The Bertz CT molecular complexity index is 1120. The van der Waals surface area contributed by atoms with E-state index in [1.54, 1.807) is 52.0 Å². The van der Waals surface area contributed by atoms with Crippen molar-refractivity contribution in [2.75, 3.05) is 32.2 Å². The zero-order valence-corrected chi connectivity index (χ0v) is 23.1. The number of ether oxygens (including phenoxy) is 4. The van der Waals surface area contributed by atoms with Crippen LogP contribution in [0.3, 0.4) is 0 Å². The van der Waals surface area contributed by atoms with Crippen molar-refractivity contribution in [2.45, 2.75) is 52.4 Å². The second-order valence-electron chi connectivity index (χ2n) is 8.14. The first kappa shape index (κ1) is 33.5. The van der Waals surface area contributed by atoms with Crippen molar-refractivity contribution < 1.29 is 43.0 Å². The topological polar surface area (TPSA) is 174 Å². The van der Waals surface area contributed by atoms with Gasteiger partial charge in [0, 0.05) is 17.8 Å². The monoisotopic (exact) mass is 560 g/mol. The van der Waals surface area contributed by atoms with Crippen molar-refractivity contribution in [1.29, 1.82) is 0 Å². The number of rotatable bonds is 13. The number of hydrogen-bond acceptors (Lipinski definition) is 11. The molecule has 0 aliphatic rings. The van der Waals surface area contributed by atoms with E-state index < -0.39 is 40.6 Å². The number of hydrogen-bond donors (Lipinski definition) is 1. The molecule has 0 saturated carbocycles. The lowest BCUT2D eigenvalue weighted by Gasteiger charge is -2.15. The number of nitro benzene ring substituents is 1. The minimum Gasteiger partial charge on any atom is -0.466 e. The summed E-state index contributed by atoms with van der Waals surface area (Å²) in [5.74, 6) is -3.41. The molecule has 0 aliphatic heterocycles. The molecule has 40 heavy (non-hydrogen) atoms. The van der Waals surface area contributed by atoms with Crippen molar-refractivity contribution in [3.63, 3.8) is 0 Å². The van der Waals surface area contributed by atoms with Crippen LogP contribution in [0, 0.1) is 10.1 Å². The Balaban J connectivity index is 0.000000402. The molecule has 0 fully saturated rings. The van der Waals surface area contributed by atoms with E-state index in [0.29, 0.717) is 16.8 Å². The molecule has 0 aliphatic carbocycles. The number of benzene rings is 2. The molecule has 0 bridgehead atoms. The van der Waals surface area contributed by atoms with Crippen molar-refractivity contribution >= 4 is 35.3 Å². The highest BCUT2D eigenvalue weighted by molar-refractivity contribution is 5.85. The molecule has 0 heterocycles. The van der Waals surface area contributed by atoms with Gasteiger partial charge in [-0.3, -0.25) is 29.3 Å². The van der Waals surface area contributed by atoms with Gasteiger partial charge < -0.3 is 24.7 Å². The molecule has 0 radical (unpaired) electrons. The number of carbonyl (C=O) groups is 4. The summed E-state index contributed by atoms with van der Waals surface area (Å²) < 4.78 is 19.6. The lowest BCUT2D eigenvalue weighted by atomic mass is 9.95. The van der Waals surface area contributed by atoms with Gasteiger partial charge in [-0.15, -0.1) is 0 Å². The van der Waals surface area contributed by atoms with Gasteiger partial charge in [0.1, 0.15) is 0 Å². The Morgan fingerprint density at radius 2 is 1.02 bits per heavy atom. The molecule has 0 saturated heterocycles. The molecule has 0 spiro atoms. The summed E-state index contributed by atoms with van der Waals surface area (Å²) in [4.78, 5) is 57.1. The summed E-state index contributed by atoms with van der Waals surface area (Å²) in [7, 11) is 0. The molecule has 2 N–H and O–H groups in total. The number of anilines is 1. The third kappa shape index (κ3) is 11.5. The Morgan fingerprint density at radius 1 is 0.675 bits per heavy atom. The third-order valence-corrected chi connectivity index (χ3v) is 5.34. The smallest absolute Gasteiger partial charge is 0.313 e. The van der Waals surface area contributed by atoms with E-state index in [9.17, 15) is 29.3 Å². The summed E-state index contributed by atoms with van der Waals surface area (Å²) in [5, 5.41) is 10.6. The molecule has 2 rings (SSSR count). The number of nitro groups is 1. The third-order valence-electron chi connectivity index (χ3n) is 5.34.